The Balaban J connectivity index is 1.83. The molecule has 0 aromatic heterocycles. The van der Waals surface area contributed by atoms with Crippen molar-refractivity contribution in [1.82, 2.24) is 4.90 Å². The minimum absolute atomic E-state index is 0.174. The number of amides is 1. The van der Waals surface area contributed by atoms with Gasteiger partial charge < -0.3 is 15.4 Å². The van der Waals surface area contributed by atoms with E-state index in [0.29, 0.717) is 18.9 Å². The molecule has 4 heteroatoms. The summed E-state index contributed by atoms with van der Waals surface area (Å²) in [7, 11) is 0. The molecule has 1 heterocycles. The molecule has 1 saturated carbocycles. The van der Waals surface area contributed by atoms with Crippen LogP contribution in [0.25, 0.3) is 0 Å². The van der Waals surface area contributed by atoms with E-state index in [2.05, 4.69) is 0 Å². The van der Waals surface area contributed by atoms with Crippen molar-refractivity contribution in [2.45, 2.75) is 51.2 Å². The van der Waals surface area contributed by atoms with Crippen molar-refractivity contribution >= 4 is 5.91 Å². The highest BCUT2D eigenvalue weighted by atomic mass is 16.5. The molecule has 0 bridgehead atoms. The monoisotopic (exact) mass is 240 g/mol. The molecule has 3 atom stereocenters. The lowest BCUT2D eigenvalue weighted by molar-refractivity contribution is -0.139. The fourth-order valence-electron chi connectivity index (χ4n) is 2.89. The first kappa shape index (κ1) is 12.8. The number of carbonyl (C=O) groups is 1. The Hall–Kier alpha value is -0.610. The highest BCUT2D eigenvalue weighted by Gasteiger charge is 2.28. The van der Waals surface area contributed by atoms with Crippen LogP contribution < -0.4 is 5.73 Å². The Morgan fingerprint density at radius 1 is 1.41 bits per heavy atom. The fraction of sp³-hybridized carbons (Fsp3) is 0.923. The first-order valence-electron chi connectivity index (χ1n) is 6.82. The third-order valence-electron chi connectivity index (χ3n) is 4.00. The predicted molar refractivity (Wildman–Crippen MR) is 66.5 cm³/mol. The number of hydrogen-bond donors (Lipinski definition) is 1. The molecule has 2 aliphatic rings. The number of nitrogens with two attached hydrogens (primary N) is 1. The summed E-state index contributed by atoms with van der Waals surface area (Å²) in [6, 6.07) is 0.228. The summed E-state index contributed by atoms with van der Waals surface area (Å²) in [4.78, 5) is 14.1. The van der Waals surface area contributed by atoms with Gasteiger partial charge in [-0.05, 0) is 25.7 Å². The van der Waals surface area contributed by atoms with Gasteiger partial charge in [0.15, 0.2) is 0 Å². The van der Waals surface area contributed by atoms with Crippen molar-refractivity contribution < 1.29 is 9.53 Å². The molecule has 4 nitrogen and oxygen atoms in total. The summed E-state index contributed by atoms with van der Waals surface area (Å²) >= 11 is 0. The molecular weight excluding hydrogens is 216 g/mol. The topological polar surface area (TPSA) is 55.6 Å². The first-order valence-corrected chi connectivity index (χ1v) is 6.82. The van der Waals surface area contributed by atoms with E-state index < -0.39 is 0 Å². The molecule has 0 spiro atoms. The second kappa shape index (κ2) is 5.83. The summed E-state index contributed by atoms with van der Waals surface area (Å²) in [6.07, 6.45) is 5.46. The SMILES string of the molecule is CC1CN(C(=O)CC2CCCCC2N)CCO1. The van der Waals surface area contributed by atoms with Crippen LogP contribution in [0.3, 0.4) is 0 Å². The number of nitrogens with zero attached hydrogens (tertiary/aromatic N) is 1. The molecule has 1 aliphatic carbocycles. The lowest BCUT2D eigenvalue weighted by atomic mass is 9.82. The van der Waals surface area contributed by atoms with Gasteiger partial charge in [-0.25, -0.2) is 0 Å². The maximum absolute atomic E-state index is 12.2. The van der Waals surface area contributed by atoms with E-state index >= 15 is 0 Å². The van der Waals surface area contributed by atoms with Gasteiger partial charge in [0.1, 0.15) is 0 Å². The lowest BCUT2D eigenvalue weighted by Gasteiger charge is -2.34. The summed E-state index contributed by atoms with van der Waals surface area (Å²) in [5.74, 6) is 0.664. The minimum Gasteiger partial charge on any atom is -0.375 e. The van der Waals surface area contributed by atoms with Gasteiger partial charge in [0, 0.05) is 25.6 Å². The van der Waals surface area contributed by atoms with Gasteiger partial charge in [-0.1, -0.05) is 12.8 Å². The van der Waals surface area contributed by atoms with Crippen molar-refractivity contribution in [3.8, 4) is 0 Å². The van der Waals surface area contributed by atoms with Crippen LogP contribution in [0.5, 0.6) is 0 Å². The van der Waals surface area contributed by atoms with Crippen molar-refractivity contribution in [2.24, 2.45) is 11.7 Å². The number of rotatable bonds is 2. The van der Waals surface area contributed by atoms with Gasteiger partial charge in [0.05, 0.1) is 12.7 Å². The second-order valence-corrected chi connectivity index (χ2v) is 5.43. The van der Waals surface area contributed by atoms with E-state index in [1.54, 1.807) is 0 Å². The van der Waals surface area contributed by atoms with Crippen LogP contribution in [0.1, 0.15) is 39.0 Å². The summed E-state index contributed by atoms with van der Waals surface area (Å²) in [6.45, 7) is 4.17. The molecule has 2 N–H and O–H groups in total. The molecule has 3 unspecified atom stereocenters. The van der Waals surface area contributed by atoms with Crippen LogP contribution in [-0.2, 0) is 9.53 Å². The van der Waals surface area contributed by atoms with Crippen LogP contribution in [0.15, 0.2) is 0 Å². The summed E-state index contributed by atoms with van der Waals surface area (Å²) in [5, 5.41) is 0. The average Bonchev–Trinajstić information content (AvgIpc) is 2.32. The molecule has 17 heavy (non-hydrogen) atoms. The zero-order chi connectivity index (χ0) is 12.3. The maximum atomic E-state index is 12.2. The molecule has 0 aromatic carbocycles. The van der Waals surface area contributed by atoms with Crippen LogP contribution >= 0.6 is 0 Å². The van der Waals surface area contributed by atoms with Crippen LogP contribution in [0, 0.1) is 5.92 Å². The molecule has 0 radical (unpaired) electrons. The Bertz CT molecular complexity index is 270. The van der Waals surface area contributed by atoms with E-state index in [9.17, 15) is 4.79 Å². The standard InChI is InChI=1S/C13H24N2O2/c1-10-9-15(6-7-17-10)13(16)8-11-4-2-3-5-12(11)14/h10-12H,2-9,14H2,1H3. The van der Waals surface area contributed by atoms with E-state index in [1.165, 1.54) is 12.8 Å². The second-order valence-electron chi connectivity index (χ2n) is 5.43. The minimum atomic E-state index is 0.174. The van der Waals surface area contributed by atoms with Gasteiger partial charge in [0.25, 0.3) is 0 Å². The molecule has 98 valence electrons. The number of carbonyl (C=O) groups excluding carboxylic acids is 1. The summed E-state index contributed by atoms with van der Waals surface area (Å²) in [5.41, 5.74) is 6.09. The van der Waals surface area contributed by atoms with Crippen molar-refractivity contribution in [1.29, 1.82) is 0 Å². The molecule has 0 aromatic rings. The van der Waals surface area contributed by atoms with Gasteiger partial charge in [-0.3, -0.25) is 4.79 Å². The molecule has 1 saturated heterocycles. The fourth-order valence-corrected chi connectivity index (χ4v) is 2.89. The number of ether oxygens (including phenoxy) is 1. The predicted octanol–water partition coefficient (Wildman–Crippen LogP) is 1.14. The molecule has 1 amide bonds. The lowest BCUT2D eigenvalue weighted by Crippen LogP contribution is -2.46. The van der Waals surface area contributed by atoms with Crippen molar-refractivity contribution in [2.75, 3.05) is 19.7 Å². The number of hydrogen-bond acceptors (Lipinski definition) is 3. The van der Waals surface area contributed by atoms with Gasteiger partial charge in [-0.2, -0.15) is 0 Å². The number of morpholine rings is 1. The third-order valence-corrected chi connectivity index (χ3v) is 4.00. The smallest absolute Gasteiger partial charge is 0.223 e. The quantitative estimate of drug-likeness (QED) is 0.787. The van der Waals surface area contributed by atoms with Crippen LogP contribution in [-0.4, -0.2) is 42.6 Å². The van der Waals surface area contributed by atoms with Crippen LogP contribution in [0.2, 0.25) is 0 Å². The third kappa shape index (κ3) is 3.42. The van der Waals surface area contributed by atoms with E-state index in [1.807, 2.05) is 11.8 Å². The van der Waals surface area contributed by atoms with Gasteiger partial charge in [-0.15, -0.1) is 0 Å². The summed E-state index contributed by atoms with van der Waals surface area (Å²) < 4.78 is 5.45. The van der Waals surface area contributed by atoms with Crippen molar-refractivity contribution in [3.05, 3.63) is 0 Å². The van der Waals surface area contributed by atoms with Crippen LogP contribution in [0.4, 0.5) is 0 Å². The Kier molecular flexibility index (Phi) is 4.40. The van der Waals surface area contributed by atoms with Gasteiger partial charge >= 0.3 is 0 Å². The largest absolute Gasteiger partial charge is 0.375 e. The Morgan fingerprint density at radius 3 is 2.88 bits per heavy atom. The average molecular weight is 240 g/mol. The Morgan fingerprint density at radius 2 is 2.18 bits per heavy atom. The van der Waals surface area contributed by atoms with E-state index in [4.69, 9.17) is 10.5 Å². The molecule has 2 fully saturated rings. The molecule has 1 aliphatic heterocycles. The molecule has 2 rings (SSSR count). The van der Waals surface area contributed by atoms with E-state index in [0.717, 1.165) is 25.9 Å². The highest BCUT2D eigenvalue weighted by Crippen LogP contribution is 2.26. The zero-order valence-electron chi connectivity index (χ0n) is 10.7. The zero-order valence-corrected chi connectivity index (χ0v) is 10.7. The van der Waals surface area contributed by atoms with Gasteiger partial charge in [0.2, 0.25) is 5.91 Å². The molecular formula is C13H24N2O2. The maximum Gasteiger partial charge on any atom is 0.223 e. The Labute approximate surface area is 103 Å². The highest BCUT2D eigenvalue weighted by molar-refractivity contribution is 5.76. The van der Waals surface area contributed by atoms with E-state index in [-0.39, 0.29) is 18.1 Å². The van der Waals surface area contributed by atoms with Crippen molar-refractivity contribution in [3.63, 3.8) is 0 Å². The normalized spacial score (nSPS) is 34.7. The first-order chi connectivity index (χ1) is 8.16.